The lowest BCUT2D eigenvalue weighted by Gasteiger charge is -2.00. The number of rotatable bonds is 3. The molecule has 70 valence electrons. The molecule has 0 aromatic heterocycles. The molecule has 0 aliphatic carbocycles. The molecule has 1 aromatic rings. The van der Waals surface area contributed by atoms with Crippen LogP contribution >= 0.6 is 23.2 Å². The average molecular weight is 221 g/mol. The van der Waals surface area contributed by atoms with Crippen LogP contribution in [0.2, 0.25) is 5.02 Å². The molecule has 0 unspecified atom stereocenters. The molecule has 0 aliphatic rings. The van der Waals surface area contributed by atoms with Gasteiger partial charge in [-0.2, -0.15) is 0 Å². The number of carbonyl (C=O) groups excluding carboxylic acids is 1. The van der Waals surface area contributed by atoms with Gasteiger partial charge in [0.05, 0.1) is 0 Å². The van der Waals surface area contributed by atoms with E-state index in [9.17, 15) is 9.18 Å². The Morgan fingerprint density at radius 2 is 2.15 bits per heavy atom. The quantitative estimate of drug-likeness (QED) is 0.716. The zero-order valence-corrected chi connectivity index (χ0v) is 8.20. The Labute approximate surface area is 85.5 Å². The van der Waals surface area contributed by atoms with Crippen LogP contribution in [0.15, 0.2) is 18.2 Å². The molecule has 0 aliphatic heterocycles. The highest BCUT2D eigenvalue weighted by Crippen LogP contribution is 2.16. The fourth-order valence-corrected chi connectivity index (χ4v) is 1.26. The van der Waals surface area contributed by atoms with Crippen molar-refractivity contribution in [3.05, 3.63) is 34.6 Å². The van der Waals surface area contributed by atoms with E-state index in [0.29, 0.717) is 10.6 Å². The van der Waals surface area contributed by atoms with Gasteiger partial charge in [-0.1, -0.05) is 11.6 Å². The van der Waals surface area contributed by atoms with Crippen molar-refractivity contribution >= 4 is 28.4 Å². The van der Waals surface area contributed by atoms with Gasteiger partial charge in [0.25, 0.3) is 0 Å². The van der Waals surface area contributed by atoms with E-state index in [4.69, 9.17) is 23.2 Å². The van der Waals surface area contributed by atoms with Gasteiger partial charge in [0.15, 0.2) is 0 Å². The van der Waals surface area contributed by atoms with Crippen molar-refractivity contribution in [3.8, 4) is 0 Å². The van der Waals surface area contributed by atoms with Crippen LogP contribution in [0.25, 0.3) is 0 Å². The molecule has 0 fully saturated rings. The van der Waals surface area contributed by atoms with E-state index >= 15 is 0 Å². The Hall–Kier alpha value is -0.600. The second kappa shape index (κ2) is 4.58. The Bertz CT molecular complexity index is 325. The number of carbonyl (C=O) groups is 1. The van der Waals surface area contributed by atoms with Gasteiger partial charge in [-0.3, -0.25) is 4.79 Å². The van der Waals surface area contributed by atoms with Crippen LogP contribution < -0.4 is 0 Å². The lowest BCUT2D eigenvalue weighted by atomic mass is 10.1. The summed E-state index contributed by atoms with van der Waals surface area (Å²) in [4.78, 5) is 10.4. The lowest BCUT2D eigenvalue weighted by molar-refractivity contribution is -0.111. The highest BCUT2D eigenvalue weighted by Gasteiger charge is 2.04. The van der Waals surface area contributed by atoms with Crippen LogP contribution in [0.5, 0.6) is 0 Å². The second-order valence-electron chi connectivity index (χ2n) is 2.59. The fourth-order valence-electron chi connectivity index (χ4n) is 0.968. The molecule has 0 amide bonds. The lowest BCUT2D eigenvalue weighted by Crippen LogP contribution is -1.94. The largest absolute Gasteiger partial charge is 0.281 e. The minimum absolute atomic E-state index is 0.124. The molecule has 0 saturated heterocycles. The zero-order chi connectivity index (χ0) is 9.84. The Morgan fingerprint density at radius 1 is 1.46 bits per heavy atom. The molecule has 0 radical (unpaired) electrons. The topological polar surface area (TPSA) is 17.1 Å². The second-order valence-corrected chi connectivity index (χ2v) is 3.45. The van der Waals surface area contributed by atoms with Crippen LogP contribution in [0.1, 0.15) is 12.0 Å². The minimum atomic E-state index is -0.473. The fraction of sp³-hybridized carbons (Fsp3) is 0.222. The number of halogens is 3. The van der Waals surface area contributed by atoms with E-state index in [0.717, 1.165) is 0 Å². The summed E-state index contributed by atoms with van der Waals surface area (Å²) < 4.78 is 13.0. The third kappa shape index (κ3) is 3.33. The number of benzene rings is 1. The highest BCUT2D eigenvalue weighted by molar-refractivity contribution is 6.63. The summed E-state index contributed by atoms with van der Waals surface area (Å²) in [6, 6.07) is 4.23. The van der Waals surface area contributed by atoms with Crippen molar-refractivity contribution in [3.63, 3.8) is 0 Å². The maximum absolute atomic E-state index is 13.0. The molecule has 4 heteroatoms. The molecule has 0 atom stereocenters. The molecule has 13 heavy (non-hydrogen) atoms. The first-order chi connectivity index (χ1) is 6.09. The molecular weight excluding hydrogens is 214 g/mol. The van der Waals surface area contributed by atoms with E-state index in [1.165, 1.54) is 18.2 Å². The molecule has 0 saturated carbocycles. The van der Waals surface area contributed by atoms with Gasteiger partial charge in [0.2, 0.25) is 5.24 Å². The third-order valence-electron chi connectivity index (χ3n) is 1.60. The summed E-state index contributed by atoms with van der Waals surface area (Å²) in [6.07, 6.45) is 0.410. The third-order valence-corrected chi connectivity index (χ3v) is 2.02. The molecular formula is C9H7Cl2FO. The van der Waals surface area contributed by atoms with Crippen LogP contribution in [-0.4, -0.2) is 5.24 Å². The van der Waals surface area contributed by atoms with Gasteiger partial charge in [-0.15, -0.1) is 0 Å². The van der Waals surface area contributed by atoms with Crippen LogP contribution in [0.3, 0.4) is 0 Å². The normalized spacial score (nSPS) is 10.1. The van der Waals surface area contributed by atoms with Gasteiger partial charge < -0.3 is 0 Å². The molecule has 0 spiro atoms. The number of aryl methyl sites for hydroxylation is 1. The van der Waals surface area contributed by atoms with Crippen LogP contribution in [0.4, 0.5) is 4.39 Å². The molecule has 1 nitrogen and oxygen atoms in total. The van der Waals surface area contributed by atoms with E-state index in [1.54, 1.807) is 0 Å². The standard InChI is InChI=1S/C9H7Cl2FO/c10-7-2-3-8(12)6(5-7)1-4-9(11)13/h2-3,5H,1,4H2. The molecule has 0 N–H and O–H groups in total. The first-order valence-electron chi connectivity index (χ1n) is 3.72. The number of hydrogen-bond donors (Lipinski definition) is 0. The Kier molecular flexibility index (Phi) is 3.70. The van der Waals surface area contributed by atoms with Crippen molar-refractivity contribution in [2.24, 2.45) is 0 Å². The summed E-state index contributed by atoms with van der Waals surface area (Å²) in [5.74, 6) is -0.359. The molecule has 1 rings (SSSR count). The minimum Gasteiger partial charge on any atom is -0.281 e. The van der Waals surface area contributed by atoms with Crippen LogP contribution in [0, 0.1) is 5.82 Å². The molecule has 1 aromatic carbocycles. The maximum Gasteiger partial charge on any atom is 0.221 e. The first-order valence-corrected chi connectivity index (χ1v) is 4.47. The van der Waals surface area contributed by atoms with Crippen molar-refractivity contribution in [1.29, 1.82) is 0 Å². The van der Waals surface area contributed by atoms with E-state index in [2.05, 4.69) is 0 Å². The van der Waals surface area contributed by atoms with Crippen LogP contribution in [-0.2, 0) is 11.2 Å². The summed E-state index contributed by atoms with van der Waals surface area (Å²) in [5.41, 5.74) is 0.418. The van der Waals surface area contributed by atoms with Gasteiger partial charge in [0, 0.05) is 11.4 Å². The predicted molar refractivity (Wildman–Crippen MR) is 50.6 cm³/mol. The molecule has 0 bridgehead atoms. The van der Waals surface area contributed by atoms with E-state index in [1.807, 2.05) is 0 Å². The van der Waals surface area contributed by atoms with Gasteiger partial charge in [-0.25, -0.2) is 4.39 Å². The summed E-state index contributed by atoms with van der Waals surface area (Å²) in [7, 11) is 0. The van der Waals surface area contributed by atoms with E-state index < -0.39 is 5.24 Å². The summed E-state index contributed by atoms with van der Waals surface area (Å²) in [6.45, 7) is 0. The monoisotopic (exact) mass is 220 g/mol. The predicted octanol–water partition coefficient (Wildman–Crippen LogP) is 3.18. The van der Waals surface area contributed by atoms with Gasteiger partial charge in [0.1, 0.15) is 5.82 Å². The maximum atomic E-state index is 13.0. The zero-order valence-electron chi connectivity index (χ0n) is 6.69. The van der Waals surface area contributed by atoms with Crippen molar-refractivity contribution in [1.82, 2.24) is 0 Å². The first kappa shape index (κ1) is 10.5. The molecule has 0 heterocycles. The van der Waals surface area contributed by atoms with Gasteiger partial charge in [-0.05, 0) is 41.8 Å². The number of hydrogen-bond acceptors (Lipinski definition) is 1. The average Bonchev–Trinajstić information content (AvgIpc) is 2.06. The Balaban J connectivity index is 2.75. The van der Waals surface area contributed by atoms with Crippen molar-refractivity contribution < 1.29 is 9.18 Å². The Morgan fingerprint density at radius 3 is 2.77 bits per heavy atom. The van der Waals surface area contributed by atoms with Crippen molar-refractivity contribution in [2.45, 2.75) is 12.8 Å². The van der Waals surface area contributed by atoms with Crippen molar-refractivity contribution in [2.75, 3.05) is 0 Å². The highest BCUT2D eigenvalue weighted by atomic mass is 35.5. The summed E-state index contributed by atoms with van der Waals surface area (Å²) >= 11 is 10.8. The SMILES string of the molecule is O=C(Cl)CCc1cc(Cl)ccc1F. The van der Waals surface area contributed by atoms with Gasteiger partial charge >= 0.3 is 0 Å². The van der Waals surface area contributed by atoms with E-state index in [-0.39, 0.29) is 18.7 Å². The smallest absolute Gasteiger partial charge is 0.221 e. The summed E-state index contributed by atoms with van der Waals surface area (Å²) in [5, 5.41) is -0.0159.